The molecule has 0 unspecified atom stereocenters. The van der Waals surface area contributed by atoms with E-state index in [1.807, 2.05) is 24.3 Å². The maximum atomic E-state index is 11.9. The zero-order chi connectivity index (χ0) is 18.9. The van der Waals surface area contributed by atoms with Gasteiger partial charge in [-0.3, -0.25) is 0 Å². The van der Waals surface area contributed by atoms with Crippen molar-refractivity contribution in [1.29, 1.82) is 0 Å². The largest absolute Gasteiger partial charge is 0.419 e. The van der Waals surface area contributed by atoms with Gasteiger partial charge in [-0.15, -0.1) is 0 Å². The molecule has 0 aliphatic carbocycles. The lowest BCUT2D eigenvalue weighted by molar-refractivity contribution is -0.222. The van der Waals surface area contributed by atoms with Gasteiger partial charge >= 0.3 is 11.9 Å². The highest BCUT2D eigenvalue weighted by Crippen LogP contribution is 2.30. The number of hydrogen-bond donors (Lipinski definition) is 1. The molecule has 0 saturated carbocycles. The Kier molecular flexibility index (Phi) is 4.94. The molecule has 134 valence electrons. The van der Waals surface area contributed by atoms with Crippen LogP contribution in [0.2, 0.25) is 10.0 Å². The Bertz CT molecular complexity index is 900. The molecule has 0 atom stereocenters. The van der Waals surface area contributed by atoms with E-state index >= 15 is 0 Å². The maximum Gasteiger partial charge on any atom is 0.350 e. The molecule has 0 radical (unpaired) electrons. The first-order valence-electron chi connectivity index (χ1n) is 7.74. The molecule has 1 N–H and O–H groups in total. The monoisotopic (exact) mass is 391 g/mol. The SMILES string of the molecule is CC1(C)OC(=O)C(=CNc2cccc(-c3ccc(Cl)c(Cl)c3)c2)C(=O)O1. The Morgan fingerprint density at radius 2 is 1.58 bits per heavy atom. The topological polar surface area (TPSA) is 64.6 Å². The zero-order valence-corrected chi connectivity index (χ0v) is 15.5. The quantitative estimate of drug-likeness (QED) is 0.462. The van der Waals surface area contributed by atoms with Crippen LogP contribution in [0.25, 0.3) is 11.1 Å². The second-order valence-corrected chi connectivity index (χ2v) is 6.91. The summed E-state index contributed by atoms with van der Waals surface area (Å²) >= 11 is 12.0. The van der Waals surface area contributed by atoms with Crippen LogP contribution in [0, 0.1) is 0 Å². The molecule has 0 amide bonds. The number of carbonyl (C=O) groups is 2. The first-order valence-corrected chi connectivity index (χ1v) is 8.50. The van der Waals surface area contributed by atoms with Crippen LogP contribution in [0.15, 0.2) is 54.2 Å². The fourth-order valence-electron chi connectivity index (χ4n) is 2.40. The molecule has 1 saturated heterocycles. The van der Waals surface area contributed by atoms with Crippen LogP contribution in [-0.2, 0) is 19.1 Å². The molecule has 2 aromatic rings. The van der Waals surface area contributed by atoms with Crippen molar-refractivity contribution in [1.82, 2.24) is 0 Å². The predicted octanol–water partition coefficient (Wildman–Crippen LogP) is 4.79. The fraction of sp³-hybridized carbons (Fsp3) is 0.158. The third-order valence-electron chi connectivity index (χ3n) is 3.62. The lowest BCUT2D eigenvalue weighted by atomic mass is 10.1. The summed E-state index contributed by atoms with van der Waals surface area (Å²) in [7, 11) is 0. The Balaban J connectivity index is 1.82. The van der Waals surface area contributed by atoms with Crippen molar-refractivity contribution in [3.63, 3.8) is 0 Å². The number of benzene rings is 2. The second-order valence-electron chi connectivity index (χ2n) is 6.09. The summed E-state index contributed by atoms with van der Waals surface area (Å²) in [5, 5.41) is 3.85. The number of anilines is 1. The molecule has 5 nitrogen and oxygen atoms in total. The van der Waals surface area contributed by atoms with Crippen molar-refractivity contribution in [2.75, 3.05) is 5.32 Å². The van der Waals surface area contributed by atoms with Crippen molar-refractivity contribution < 1.29 is 19.1 Å². The van der Waals surface area contributed by atoms with Crippen LogP contribution in [-0.4, -0.2) is 17.7 Å². The molecule has 1 aliphatic heterocycles. The number of esters is 2. The number of carbonyl (C=O) groups excluding carboxylic acids is 2. The lowest BCUT2D eigenvalue weighted by Gasteiger charge is -2.29. The standard InChI is InChI=1S/C19H15Cl2NO4/c1-19(2)25-17(23)14(18(24)26-19)10-22-13-5-3-4-11(8-13)12-6-7-15(20)16(21)9-12/h3-10,22H,1-2H3. The van der Waals surface area contributed by atoms with Gasteiger partial charge in [-0.2, -0.15) is 0 Å². The normalized spacial score (nSPS) is 15.9. The summed E-state index contributed by atoms with van der Waals surface area (Å²) in [5.41, 5.74) is 2.24. The van der Waals surface area contributed by atoms with Gasteiger partial charge in [-0.1, -0.05) is 41.4 Å². The van der Waals surface area contributed by atoms with E-state index in [9.17, 15) is 9.59 Å². The van der Waals surface area contributed by atoms with E-state index in [1.165, 1.54) is 20.0 Å². The summed E-state index contributed by atoms with van der Waals surface area (Å²) in [5.74, 6) is -2.74. The molecule has 2 aromatic carbocycles. The first-order chi connectivity index (χ1) is 12.2. The Hall–Kier alpha value is -2.50. The summed E-state index contributed by atoms with van der Waals surface area (Å²) in [6, 6.07) is 12.7. The summed E-state index contributed by atoms with van der Waals surface area (Å²) in [6.07, 6.45) is 1.27. The van der Waals surface area contributed by atoms with Gasteiger partial charge in [0.2, 0.25) is 0 Å². The van der Waals surface area contributed by atoms with E-state index in [0.717, 1.165) is 11.1 Å². The second kappa shape index (κ2) is 7.02. The third-order valence-corrected chi connectivity index (χ3v) is 4.35. The molecule has 26 heavy (non-hydrogen) atoms. The van der Waals surface area contributed by atoms with Crippen LogP contribution >= 0.6 is 23.2 Å². The minimum atomic E-state index is -1.26. The number of ether oxygens (including phenoxy) is 2. The number of halogens is 2. The van der Waals surface area contributed by atoms with Gasteiger partial charge in [0.05, 0.1) is 10.0 Å². The van der Waals surface area contributed by atoms with E-state index in [-0.39, 0.29) is 5.57 Å². The van der Waals surface area contributed by atoms with Crippen LogP contribution in [0.3, 0.4) is 0 Å². The van der Waals surface area contributed by atoms with Crippen molar-refractivity contribution in [2.45, 2.75) is 19.6 Å². The van der Waals surface area contributed by atoms with Crippen molar-refractivity contribution >= 4 is 40.8 Å². The van der Waals surface area contributed by atoms with Crippen LogP contribution < -0.4 is 5.32 Å². The highest BCUT2D eigenvalue weighted by molar-refractivity contribution is 6.42. The van der Waals surface area contributed by atoms with Crippen LogP contribution in [0.5, 0.6) is 0 Å². The first kappa shape index (κ1) is 18.3. The Labute approximate surface area is 160 Å². The summed E-state index contributed by atoms with van der Waals surface area (Å²) in [6.45, 7) is 2.99. The van der Waals surface area contributed by atoms with Crippen LogP contribution in [0.1, 0.15) is 13.8 Å². The minimum Gasteiger partial charge on any atom is -0.419 e. The van der Waals surface area contributed by atoms with Gasteiger partial charge in [-0.05, 0) is 35.4 Å². The van der Waals surface area contributed by atoms with E-state index in [4.69, 9.17) is 32.7 Å². The predicted molar refractivity (Wildman–Crippen MR) is 99.9 cm³/mol. The van der Waals surface area contributed by atoms with E-state index in [2.05, 4.69) is 5.32 Å². The third kappa shape index (κ3) is 4.00. The van der Waals surface area contributed by atoms with Crippen molar-refractivity contribution in [3.05, 3.63) is 64.3 Å². The molecule has 7 heteroatoms. The number of nitrogens with one attached hydrogen (secondary N) is 1. The molecule has 3 rings (SSSR count). The van der Waals surface area contributed by atoms with Gasteiger partial charge in [0, 0.05) is 25.7 Å². The fourth-order valence-corrected chi connectivity index (χ4v) is 2.70. The molecular weight excluding hydrogens is 377 g/mol. The van der Waals surface area contributed by atoms with Crippen LogP contribution in [0.4, 0.5) is 5.69 Å². The average Bonchev–Trinajstić information content (AvgIpc) is 2.56. The number of cyclic esters (lactones) is 2. The molecule has 1 heterocycles. The molecule has 0 aromatic heterocycles. The van der Waals surface area contributed by atoms with Gasteiger partial charge in [0.25, 0.3) is 5.79 Å². The molecule has 1 aliphatic rings. The molecule has 0 spiro atoms. The zero-order valence-electron chi connectivity index (χ0n) is 14.0. The van der Waals surface area contributed by atoms with Crippen molar-refractivity contribution in [2.24, 2.45) is 0 Å². The Morgan fingerprint density at radius 1 is 0.923 bits per heavy atom. The van der Waals surface area contributed by atoms with E-state index in [0.29, 0.717) is 15.7 Å². The van der Waals surface area contributed by atoms with Gasteiger partial charge in [0.15, 0.2) is 5.57 Å². The summed E-state index contributed by atoms with van der Waals surface area (Å²) < 4.78 is 10.1. The van der Waals surface area contributed by atoms with Crippen molar-refractivity contribution in [3.8, 4) is 11.1 Å². The number of rotatable bonds is 3. The smallest absolute Gasteiger partial charge is 0.350 e. The van der Waals surface area contributed by atoms with E-state index in [1.54, 1.807) is 18.2 Å². The van der Waals surface area contributed by atoms with Gasteiger partial charge in [0.1, 0.15) is 0 Å². The minimum absolute atomic E-state index is 0.204. The number of hydrogen-bond acceptors (Lipinski definition) is 5. The Morgan fingerprint density at radius 3 is 2.23 bits per heavy atom. The highest BCUT2D eigenvalue weighted by atomic mass is 35.5. The maximum absolute atomic E-state index is 11.9. The highest BCUT2D eigenvalue weighted by Gasteiger charge is 2.38. The summed E-state index contributed by atoms with van der Waals surface area (Å²) in [4.78, 5) is 23.9. The van der Waals surface area contributed by atoms with Gasteiger partial charge in [-0.25, -0.2) is 9.59 Å². The molecule has 0 bridgehead atoms. The molecular formula is C19H15Cl2NO4. The molecule has 1 fully saturated rings. The average molecular weight is 392 g/mol. The lowest BCUT2D eigenvalue weighted by Crippen LogP contribution is -2.42. The van der Waals surface area contributed by atoms with Gasteiger partial charge < -0.3 is 14.8 Å². The van der Waals surface area contributed by atoms with E-state index < -0.39 is 17.7 Å².